The summed E-state index contributed by atoms with van der Waals surface area (Å²) in [5.41, 5.74) is 1.66. The number of ether oxygens (including phenoxy) is 2. The van der Waals surface area contributed by atoms with Gasteiger partial charge >= 0.3 is 5.97 Å². The van der Waals surface area contributed by atoms with Crippen molar-refractivity contribution < 1.29 is 23.5 Å². The van der Waals surface area contributed by atoms with Gasteiger partial charge in [-0.05, 0) is 30.2 Å². The van der Waals surface area contributed by atoms with Crippen LogP contribution in [0, 0.1) is 5.82 Å². The molecule has 0 spiro atoms. The van der Waals surface area contributed by atoms with Crippen molar-refractivity contribution >= 4 is 11.9 Å². The monoisotopic (exact) mass is 359 g/mol. The maximum absolute atomic E-state index is 13.0. The van der Waals surface area contributed by atoms with E-state index < -0.39 is 24.0 Å². The zero-order valence-corrected chi connectivity index (χ0v) is 14.8. The standard InChI is InChI=1S/C20H22FNO4/c1-14(26-13-16-6-4-3-5-7-16)19(23)22-18(20(24)25-2)12-15-8-10-17(21)11-9-15/h3-11,14,18H,12-13H2,1-2H3,(H,22,23)/t14-,18-/m0/s1. The fourth-order valence-electron chi connectivity index (χ4n) is 2.35. The van der Waals surface area contributed by atoms with E-state index in [4.69, 9.17) is 9.47 Å². The Kier molecular flexibility index (Phi) is 7.29. The largest absolute Gasteiger partial charge is 0.467 e. The van der Waals surface area contributed by atoms with E-state index in [1.54, 1.807) is 19.1 Å². The van der Waals surface area contributed by atoms with Crippen molar-refractivity contribution in [3.63, 3.8) is 0 Å². The van der Waals surface area contributed by atoms with Crippen LogP contribution in [0.3, 0.4) is 0 Å². The van der Waals surface area contributed by atoms with Gasteiger partial charge < -0.3 is 14.8 Å². The third-order valence-electron chi connectivity index (χ3n) is 3.87. The van der Waals surface area contributed by atoms with Crippen molar-refractivity contribution in [2.24, 2.45) is 0 Å². The Bertz CT molecular complexity index is 718. The van der Waals surface area contributed by atoms with Gasteiger partial charge in [-0.1, -0.05) is 42.5 Å². The SMILES string of the molecule is COC(=O)[C@H](Cc1ccc(F)cc1)NC(=O)[C@H](C)OCc1ccccc1. The van der Waals surface area contributed by atoms with Crippen LogP contribution in [0.4, 0.5) is 4.39 Å². The number of methoxy groups -OCH3 is 1. The van der Waals surface area contributed by atoms with Crippen molar-refractivity contribution in [1.29, 1.82) is 0 Å². The van der Waals surface area contributed by atoms with Gasteiger partial charge in [0.2, 0.25) is 5.91 Å². The van der Waals surface area contributed by atoms with Crippen LogP contribution in [0.1, 0.15) is 18.1 Å². The summed E-state index contributed by atoms with van der Waals surface area (Å²) in [6.07, 6.45) is -0.542. The van der Waals surface area contributed by atoms with Gasteiger partial charge in [-0.25, -0.2) is 9.18 Å². The molecular weight excluding hydrogens is 337 g/mol. The zero-order chi connectivity index (χ0) is 18.9. The van der Waals surface area contributed by atoms with E-state index >= 15 is 0 Å². The van der Waals surface area contributed by atoms with Gasteiger partial charge in [-0.2, -0.15) is 0 Å². The second-order valence-corrected chi connectivity index (χ2v) is 5.85. The topological polar surface area (TPSA) is 64.6 Å². The molecule has 2 aromatic rings. The average molecular weight is 359 g/mol. The van der Waals surface area contributed by atoms with Crippen LogP contribution in [-0.2, 0) is 32.1 Å². The van der Waals surface area contributed by atoms with Crippen molar-refractivity contribution in [3.8, 4) is 0 Å². The second-order valence-electron chi connectivity index (χ2n) is 5.85. The van der Waals surface area contributed by atoms with Gasteiger partial charge in [0.25, 0.3) is 0 Å². The number of nitrogens with one attached hydrogen (secondary N) is 1. The summed E-state index contributed by atoms with van der Waals surface area (Å²) in [5.74, 6) is -1.35. The number of carbonyl (C=O) groups excluding carboxylic acids is 2. The molecule has 138 valence electrons. The minimum absolute atomic E-state index is 0.199. The van der Waals surface area contributed by atoms with E-state index in [1.807, 2.05) is 30.3 Å². The maximum Gasteiger partial charge on any atom is 0.328 e. The van der Waals surface area contributed by atoms with Crippen LogP contribution in [-0.4, -0.2) is 31.1 Å². The molecule has 6 heteroatoms. The van der Waals surface area contributed by atoms with Gasteiger partial charge in [0, 0.05) is 6.42 Å². The Labute approximate surface area is 152 Å². The Morgan fingerprint density at radius 3 is 2.31 bits per heavy atom. The van der Waals surface area contributed by atoms with E-state index in [2.05, 4.69) is 5.32 Å². The summed E-state index contributed by atoms with van der Waals surface area (Å²) in [6.45, 7) is 1.90. The van der Waals surface area contributed by atoms with E-state index in [1.165, 1.54) is 19.2 Å². The molecule has 0 unspecified atom stereocenters. The molecule has 1 N–H and O–H groups in total. The van der Waals surface area contributed by atoms with Crippen molar-refractivity contribution in [2.45, 2.75) is 32.1 Å². The molecule has 0 saturated carbocycles. The number of rotatable bonds is 8. The van der Waals surface area contributed by atoms with Gasteiger partial charge in [0.05, 0.1) is 13.7 Å². The molecule has 0 aliphatic rings. The lowest BCUT2D eigenvalue weighted by atomic mass is 10.1. The summed E-state index contributed by atoms with van der Waals surface area (Å²) >= 11 is 0. The first kappa shape index (κ1) is 19.6. The van der Waals surface area contributed by atoms with Crippen LogP contribution in [0.5, 0.6) is 0 Å². The molecule has 26 heavy (non-hydrogen) atoms. The number of carbonyl (C=O) groups is 2. The molecule has 0 aromatic heterocycles. The van der Waals surface area contributed by atoms with Crippen LogP contribution in [0.2, 0.25) is 0 Å². The van der Waals surface area contributed by atoms with Crippen LogP contribution in [0.25, 0.3) is 0 Å². The number of hydrogen-bond acceptors (Lipinski definition) is 4. The highest BCUT2D eigenvalue weighted by molar-refractivity contribution is 5.86. The third kappa shape index (κ3) is 5.97. The van der Waals surface area contributed by atoms with Gasteiger partial charge in [0.1, 0.15) is 18.0 Å². The number of hydrogen-bond donors (Lipinski definition) is 1. The van der Waals surface area contributed by atoms with Crippen molar-refractivity contribution in [3.05, 3.63) is 71.5 Å². The quantitative estimate of drug-likeness (QED) is 0.736. The molecular formula is C20H22FNO4. The smallest absolute Gasteiger partial charge is 0.328 e. The van der Waals surface area contributed by atoms with Gasteiger partial charge in [-0.15, -0.1) is 0 Å². The molecule has 0 aliphatic heterocycles. The molecule has 0 fully saturated rings. The van der Waals surface area contributed by atoms with E-state index in [0.29, 0.717) is 5.56 Å². The van der Waals surface area contributed by atoms with Crippen molar-refractivity contribution in [2.75, 3.05) is 7.11 Å². The molecule has 0 bridgehead atoms. The van der Waals surface area contributed by atoms with E-state index in [0.717, 1.165) is 5.56 Å². The fourth-order valence-corrected chi connectivity index (χ4v) is 2.35. The second kappa shape index (κ2) is 9.68. The first-order valence-corrected chi connectivity index (χ1v) is 8.27. The van der Waals surface area contributed by atoms with Crippen LogP contribution in [0.15, 0.2) is 54.6 Å². The molecule has 2 rings (SSSR count). The van der Waals surface area contributed by atoms with E-state index in [-0.39, 0.29) is 18.8 Å². The number of halogens is 1. The fraction of sp³-hybridized carbons (Fsp3) is 0.300. The van der Waals surface area contributed by atoms with E-state index in [9.17, 15) is 14.0 Å². The predicted molar refractivity (Wildman–Crippen MR) is 94.7 cm³/mol. The lowest BCUT2D eigenvalue weighted by Crippen LogP contribution is -2.47. The number of esters is 1. The first-order chi connectivity index (χ1) is 12.5. The number of amides is 1. The minimum Gasteiger partial charge on any atom is -0.467 e. The molecule has 0 aliphatic carbocycles. The average Bonchev–Trinajstić information content (AvgIpc) is 2.67. The molecule has 0 heterocycles. The van der Waals surface area contributed by atoms with Crippen molar-refractivity contribution in [1.82, 2.24) is 5.32 Å². The highest BCUT2D eigenvalue weighted by atomic mass is 19.1. The molecule has 2 atom stereocenters. The lowest BCUT2D eigenvalue weighted by Gasteiger charge is -2.19. The van der Waals surface area contributed by atoms with Crippen LogP contribution < -0.4 is 5.32 Å². The predicted octanol–water partition coefficient (Wildman–Crippen LogP) is 2.63. The third-order valence-corrected chi connectivity index (χ3v) is 3.87. The van der Waals surface area contributed by atoms with Crippen LogP contribution >= 0.6 is 0 Å². The molecule has 0 radical (unpaired) electrons. The Balaban J connectivity index is 1.94. The molecule has 2 aromatic carbocycles. The maximum atomic E-state index is 13.0. The summed E-state index contributed by atoms with van der Waals surface area (Å²) in [4.78, 5) is 24.3. The zero-order valence-electron chi connectivity index (χ0n) is 14.8. The molecule has 1 amide bonds. The Morgan fingerprint density at radius 2 is 1.69 bits per heavy atom. The molecule has 5 nitrogen and oxygen atoms in total. The lowest BCUT2D eigenvalue weighted by molar-refractivity contribution is -0.147. The number of benzene rings is 2. The van der Waals surface area contributed by atoms with Gasteiger partial charge in [0.15, 0.2) is 0 Å². The summed E-state index contributed by atoms with van der Waals surface area (Å²) in [7, 11) is 1.25. The summed E-state index contributed by atoms with van der Waals surface area (Å²) in [5, 5.41) is 2.63. The van der Waals surface area contributed by atoms with Gasteiger partial charge in [-0.3, -0.25) is 4.79 Å². The highest BCUT2D eigenvalue weighted by Gasteiger charge is 2.25. The highest BCUT2D eigenvalue weighted by Crippen LogP contribution is 2.08. The Hall–Kier alpha value is -2.73. The minimum atomic E-state index is -0.874. The molecule has 0 saturated heterocycles. The normalized spacial score (nSPS) is 12.9. The first-order valence-electron chi connectivity index (χ1n) is 8.27. The Morgan fingerprint density at radius 1 is 1.04 bits per heavy atom. The summed E-state index contributed by atoms with van der Waals surface area (Å²) < 4.78 is 23.3. The summed E-state index contributed by atoms with van der Waals surface area (Å²) in [6, 6.07) is 14.3.